The highest BCUT2D eigenvalue weighted by atomic mass is 16.5. The Balaban J connectivity index is 1.45. The number of hydrazone groups is 1. The molecule has 0 saturated heterocycles. The van der Waals surface area contributed by atoms with Crippen LogP contribution in [-0.4, -0.2) is 23.7 Å². The molecule has 1 heterocycles. The van der Waals surface area contributed by atoms with Crippen LogP contribution in [0.5, 0.6) is 11.5 Å². The lowest BCUT2D eigenvalue weighted by atomic mass is 9.77. The lowest BCUT2D eigenvalue weighted by molar-refractivity contribution is -0.131. The Morgan fingerprint density at radius 1 is 1.03 bits per heavy atom. The van der Waals surface area contributed by atoms with Gasteiger partial charge in [0.1, 0.15) is 18.1 Å². The molecule has 5 heteroatoms. The fraction of sp³-hybridized carbons (Fsp3) is 0.259. The van der Waals surface area contributed by atoms with Crippen LogP contribution >= 0.6 is 0 Å². The molecule has 5 rings (SSSR count). The van der Waals surface area contributed by atoms with Crippen molar-refractivity contribution in [3.05, 3.63) is 95.1 Å². The predicted molar refractivity (Wildman–Crippen MR) is 124 cm³/mol. The summed E-state index contributed by atoms with van der Waals surface area (Å²) in [5.41, 5.74) is 5.53. The Labute approximate surface area is 188 Å². The average molecular weight is 427 g/mol. The summed E-state index contributed by atoms with van der Waals surface area (Å²) in [7, 11) is 1.66. The molecule has 3 aromatic rings. The van der Waals surface area contributed by atoms with Crippen LogP contribution in [0.15, 0.2) is 77.9 Å². The van der Waals surface area contributed by atoms with Gasteiger partial charge in [0.05, 0.1) is 18.9 Å². The van der Waals surface area contributed by atoms with Gasteiger partial charge in [0.25, 0.3) is 0 Å². The van der Waals surface area contributed by atoms with E-state index < -0.39 is 0 Å². The molecule has 2 aliphatic rings. The molecule has 1 amide bonds. The van der Waals surface area contributed by atoms with Crippen molar-refractivity contribution in [1.82, 2.24) is 5.01 Å². The van der Waals surface area contributed by atoms with E-state index in [4.69, 9.17) is 14.6 Å². The van der Waals surface area contributed by atoms with Gasteiger partial charge in [0, 0.05) is 18.4 Å². The summed E-state index contributed by atoms with van der Waals surface area (Å²) in [6.07, 6.45) is 1.91. The zero-order valence-corrected chi connectivity index (χ0v) is 18.3. The molecule has 0 N–H and O–H groups in total. The Bertz CT molecular complexity index is 1160. The molecule has 0 spiro atoms. The van der Waals surface area contributed by atoms with Crippen molar-refractivity contribution in [2.75, 3.05) is 7.11 Å². The van der Waals surface area contributed by atoms with E-state index in [9.17, 15) is 4.79 Å². The molecule has 1 aliphatic heterocycles. The van der Waals surface area contributed by atoms with Gasteiger partial charge in [-0.05, 0) is 53.8 Å². The Hall–Kier alpha value is -3.60. The van der Waals surface area contributed by atoms with Gasteiger partial charge in [-0.3, -0.25) is 4.79 Å². The normalized spacial score (nSPS) is 19.1. The van der Waals surface area contributed by atoms with Crippen molar-refractivity contribution in [3.63, 3.8) is 0 Å². The third kappa shape index (κ3) is 3.75. The van der Waals surface area contributed by atoms with Crippen LogP contribution in [0.2, 0.25) is 0 Å². The predicted octanol–water partition coefficient (Wildman–Crippen LogP) is 5.14. The first-order chi connectivity index (χ1) is 15.6. The molecule has 0 aromatic heterocycles. The number of ether oxygens (including phenoxy) is 2. The maximum Gasteiger partial charge on any atom is 0.240 e. The smallest absolute Gasteiger partial charge is 0.240 e. The van der Waals surface area contributed by atoms with Gasteiger partial charge in [-0.15, -0.1) is 0 Å². The van der Waals surface area contributed by atoms with Crippen LogP contribution in [0.3, 0.4) is 0 Å². The number of fused-ring (bicyclic) bond motifs is 3. The first-order valence-corrected chi connectivity index (χ1v) is 11.0. The van der Waals surface area contributed by atoms with Crippen molar-refractivity contribution in [2.24, 2.45) is 11.0 Å². The van der Waals surface area contributed by atoms with Crippen molar-refractivity contribution >= 4 is 11.6 Å². The summed E-state index contributed by atoms with van der Waals surface area (Å²) >= 11 is 0. The minimum atomic E-state index is -0.101. The van der Waals surface area contributed by atoms with Gasteiger partial charge in [-0.2, -0.15) is 5.10 Å². The second-order valence-corrected chi connectivity index (χ2v) is 8.31. The highest BCUT2D eigenvalue weighted by Gasteiger charge is 2.43. The molecule has 0 bridgehead atoms. The third-order valence-corrected chi connectivity index (χ3v) is 6.32. The van der Waals surface area contributed by atoms with Crippen LogP contribution in [0.25, 0.3) is 0 Å². The third-order valence-electron chi connectivity index (χ3n) is 6.32. The number of aryl methyl sites for hydroxylation is 1. The monoisotopic (exact) mass is 426 g/mol. The zero-order valence-electron chi connectivity index (χ0n) is 18.3. The number of hydrogen-bond donors (Lipinski definition) is 0. The topological polar surface area (TPSA) is 51.1 Å². The highest BCUT2D eigenvalue weighted by molar-refractivity contribution is 6.07. The average Bonchev–Trinajstić information content (AvgIpc) is 3.24. The van der Waals surface area contributed by atoms with Crippen LogP contribution < -0.4 is 9.47 Å². The van der Waals surface area contributed by atoms with E-state index in [1.54, 1.807) is 19.0 Å². The van der Waals surface area contributed by atoms with E-state index in [0.717, 1.165) is 46.7 Å². The van der Waals surface area contributed by atoms with E-state index >= 15 is 0 Å². The molecule has 162 valence electrons. The van der Waals surface area contributed by atoms with Crippen LogP contribution in [0.4, 0.5) is 0 Å². The SMILES string of the molecule is COc1ccc([C@H]2[C@H]3CCc4ccc(OCc5ccccc5)cc4C3=NN2C(C)=O)cc1. The van der Waals surface area contributed by atoms with Gasteiger partial charge in [-0.1, -0.05) is 48.5 Å². The summed E-state index contributed by atoms with van der Waals surface area (Å²) in [6, 6.07) is 24.2. The molecule has 2 atom stereocenters. The van der Waals surface area contributed by atoms with Crippen molar-refractivity contribution in [3.8, 4) is 11.5 Å². The van der Waals surface area contributed by atoms with E-state index in [-0.39, 0.29) is 17.9 Å². The fourth-order valence-corrected chi connectivity index (χ4v) is 4.72. The minimum absolute atomic E-state index is 0.0502. The van der Waals surface area contributed by atoms with Gasteiger partial charge < -0.3 is 9.47 Å². The van der Waals surface area contributed by atoms with Crippen LogP contribution in [0.1, 0.15) is 41.6 Å². The molecule has 3 aromatic carbocycles. The molecule has 0 fully saturated rings. The van der Waals surface area contributed by atoms with Crippen molar-refractivity contribution in [1.29, 1.82) is 0 Å². The van der Waals surface area contributed by atoms with Gasteiger partial charge in [0.15, 0.2) is 0 Å². The molecular formula is C27H26N2O3. The van der Waals surface area contributed by atoms with Crippen molar-refractivity contribution < 1.29 is 14.3 Å². The number of carbonyl (C=O) groups is 1. The molecule has 0 saturated carbocycles. The molecule has 0 unspecified atom stereocenters. The molecule has 32 heavy (non-hydrogen) atoms. The summed E-state index contributed by atoms with van der Waals surface area (Å²) in [5.74, 6) is 1.73. The maximum absolute atomic E-state index is 12.5. The number of benzene rings is 3. The largest absolute Gasteiger partial charge is 0.497 e. The van der Waals surface area contributed by atoms with E-state index in [0.29, 0.717) is 6.61 Å². The first kappa shape index (κ1) is 20.3. The van der Waals surface area contributed by atoms with E-state index in [2.05, 4.69) is 24.3 Å². The molecule has 5 nitrogen and oxygen atoms in total. The zero-order chi connectivity index (χ0) is 22.1. The second-order valence-electron chi connectivity index (χ2n) is 8.31. The van der Waals surface area contributed by atoms with Crippen molar-refractivity contribution in [2.45, 2.75) is 32.4 Å². The number of carbonyl (C=O) groups excluding carboxylic acids is 1. The molecular weight excluding hydrogens is 400 g/mol. The number of methoxy groups -OCH3 is 1. The lowest BCUT2D eigenvalue weighted by Crippen LogP contribution is -2.31. The molecule has 1 aliphatic carbocycles. The Kier molecular flexibility index (Phi) is 5.39. The van der Waals surface area contributed by atoms with E-state index in [1.165, 1.54) is 5.56 Å². The Morgan fingerprint density at radius 2 is 1.78 bits per heavy atom. The first-order valence-electron chi connectivity index (χ1n) is 11.0. The summed E-state index contributed by atoms with van der Waals surface area (Å²) in [6.45, 7) is 2.10. The number of hydrogen-bond acceptors (Lipinski definition) is 4. The molecule has 0 radical (unpaired) electrons. The quantitative estimate of drug-likeness (QED) is 0.567. The Morgan fingerprint density at radius 3 is 2.50 bits per heavy atom. The lowest BCUT2D eigenvalue weighted by Gasteiger charge is -2.29. The minimum Gasteiger partial charge on any atom is -0.497 e. The van der Waals surface area contributed by atoms with Gasteiger partial charge >= 0.3 is 0 Å². The number of amides is 1. The van der Waals surface area contributed by atoms with Gasteiger partial charge in [-0.25, -0.2) is 5.01 Å². The number of nitrogens with zero attached hydrogens (tertiary/aromatic N) is 2. The van der Waals surface area contributed by atoms with Gasteiger partial charge in [0.2, 0.25) is 5.91 Å². The summed E-state index contributed by atoms with van der Waals surface area (Å²) in [4.78, 5) is 12.5. The van der Waals surface area contributed by atoms with E-state index in [1.807, 2.05) is 48.5 Å². The highest BCUT2D eigenvalue weighted by Crippen LogP contribution is 2.44. The maximum atomic E-state index is 12.5. The summed E-state index contributed by atoms with van der Waals surface area (Å²) in [5, 5.41) is 6.47. The standard InChI is InChI=1S/C27H26N2O3/c1-18(30)29-27(21-9-12-22(31-2)13-10-21)24-15-11-20-8-14-23(16-25(20)26(24)28-29)32-17-19-6-4-3-5-7-19/h3-10,12-14,16,24,27H,11,15,17H2,1-2H3/t24-,27-/m0/s1. The van der Waals surface area contributed by atoms with Crippen LogP contribution in [0, 0.1) is 5.92 Å². The summed E-state index contributed by atoms with van der Waals surface area (Å²) < 4.78 is 11.4. The second kappa shape index (κ2) is 8.50. The van der Waals surface area contributed by atoms with Crippen LogP contribution in [-0.2, 0) is 17.8 Å². The number of rotatable bonds is 5. The fourth-order valence-electron chi connectivity index (χ4n) is 4.72.